The average Bonchev–Trinajstić information content (AvgIpc) is 3.24. The van der Waals surface area contributed by atoms with E-state index in [-0.39, 0.29) is 5.56 Å². The summed E-state index contributed by atoms with van der Waals surface area (Å²) in [5, 5.41) is 13.6. The van der Waals surface area contributed by atoms with E-state index in [1.807, 2.05) is 18.2 Å². The molecule has 3 aromatic rings. The second-order valence-electron chi connectivity index (χ2n) is 9.02. The van der Waals surface area contributed by atoms with Gasteiger partial charge in [-0.25, -0.2) is 4.21 Å². The third-order valence-corrected chi connectivity index (χ3v) is 8.72. The Hall–Kier alpha value is -2.93. The molecule has 190 valence electrons. The molecule has 0 spiro atoms. The van der Waals surface area contributed by atoms with Crippen molar-refractivity contribution in [1.29, 1.82) is 5.26 Å². The first-order valence-electron chi connectivity index (χ1n) is 11.7. The quantitative estimate of drug-likeness (QED) is 0.438. The van der Waals surface area contributed by atoms with Crippen molar-refractivity contribution >= 4 is 56.4 Å². The van der Waals surface area contributed by atoms with E-state index in [2.05, 4.69) is 45.4 Å². The fraction of sp³-hybridized carbons (Fsp3) is 0.259. The predicted molar refractivity (Wildman–Crippen MR) is 149 cm³/mol. The van der Waals surface area contributed by atoms with Crippen LogP contribution in [0.25, 0.3) is 11.0 Å². The molecule has 1 unspecified atom stereocenters. The number of piperazine rings is 1. The summed E-state index contributed by atoms with van der Waals surface area (Å²) in [5.41, 5.74) is 3.76. The van der Waals surface area contributed by atoms with Crippen molar-refractivity contribution in [3.63, 3.8) is 0 Å². The lowest BCUT2D eigenvalue weighted by atomic mass is 10.1. The van der Waals surface area contributed by atoms with Crippen LogP contribution < -0.4 is 10.1 Å². The molecule has 7 nitrogen and oxygen atoms in total. The van der Waals surface area contributed by atoms with Crippen molar-refractivity contribution in [2.75, 3.05) is 45.7 Å². The second-order valence-corrected chi connectivity index (χ2v) is 11.2. The third-order valence-electron chi connectivity index (χ3n) is 6.58. The van der Waals surface area contributed by atoms with Gasteiger partial charge in [0.05, 0.1) is 60.4 Å². The van der Waals surface area contributed by atoms with Crippen molar-refractivity contribution in [2.45, 2.75) is 11.4 Å². The van der Waals surface area contributed by atoms with Crippen LogP contribution in [0, 0.1) is 11.3 Å². The van der Waals surface area contributed by atoms with Crippen molar-refractivity contribution < 1.29 is 8.95 Å². The fourth-order valence-corrected chi connectivity index (χ4v) is 6.38. The molecule has 2 aliphatic heterocycles. The van der Waals surface area contributed by atoms with Crippen LogP contribution in [0.3, 0.4) is 0 Å². The van der Waals surface area contributed by atoms with Crippen LogP contribution in [-0.2, 0) is 17.3 Å². The number of pyridine rings is 1. The Morgan fingerprint density at radius 1 is 1.14 bits per heavy atom. The molecule has 37 heavy (non-hydrogen) atoms. The normalized spacial score (nSPS) is 17.7. The molecule has 0 saturated carbocycles. The van der Waals surface area contributed by atoms with Gasteiger partial charge in [0.1, 0.15) is 11.8 Å². The molecule has 2 aliphatic rings. The zero-order valence-electron chi connectivity index (χ0n) is 20.4. The van der Waals surface area contributed by atoms with Gasteiger partial charge in [-0.1, -0.05) is 47.5 Å². The number of nitriles is 1. The molecule has 1 fully saturated rings. The van der Waals surface area contributed by atoms with Gasteiger partial charge < -0.3 is 15.0 Å². The largest absolute Gasteiger partial charge is 0.495 e. The number of methoxy groups -OCH3 is 1. The SMILES string of the molecule is COc1cc(Nc2c(C#N)cnc3c2S(=O)C(c2ccc(CN4CCN(C)CC4)cc2)=C3)c(Cl)cc1Cl. The highest BCUT2D eigenvalue weighted by molar-refractivity contribution is 7.95. The maximum atomic E-state index is 13.7. The predicted octanol–water partition coefficient (Wildman–Crippen LogP) is 5.38. The summed E-state index contributed by atoms with van der Waals surface area (Å²) in [6, 6.07) is 13.5. The molecule has 0 bridgehead atoms. The molecule has 3 heterocycles. The van der Waals surface area contributed by atoms with E-state index in [1.54, 1.807) is 12.1 Å². The van der Waals surface area contributed by atoms with Crippen molar-refractivity contribution in [3.05, 3.63) is 75.0 Å². The van der Waals surface area contributed by atoms with Crippen LogP contribution in [0.2, 0.25) is 10.0 Å². The summed E-state index contributed by atoms with van der Waals surface area (Å²) in [6.07, 6.45) is 3.29. The zero-order chi connectivity index (χ0) is 26.1. The van der Waals surface area contributed by atoms with Crippen LogP contribution in [0.15, 0.2) is 47.5 Å². The Labute approximate surface area is 228 Å². The van der Waals surface area contributed by atoms with Crippen LogP contribution in [0.4, 0.5) is 11.4 Å². The van der Waals surface area contributed by atoms with E-state index in [0.717, 1.165) is 38.3 Å². The first-order chi connectivity index (χ1) is 17.9. The average molecular weight is 555 g/mol. The highest BCUT2D eigenvalue weighted by Crippen LogP contribution is 2.43. The molecule has 0 aliphatic carbocycles. The number of aromatic nitrogens is 1. The highest BCUT2D eigenvalue weighted by Gasteiger charge is 2.29. The van der Waals surface area contributed by atoms with E-state index in [9.17, 15) is 9.47 Å². The first-order valence-corrected chi connectivity index (χ1v) is 13.7. The first kappa shape index (κ1) is 25.7. The summed E-state index contributed by atoms with van der Waals surface area (Å²) in [6.45, 7) is 5.14. The number of hydrogen-bond donors (Lipinski definition) is 1. The van der Waals surface area contributed by atoms with Gasteiger partial charge in [0, 0.05) is 45.0 Å². The highest BCUT2D eigenvalue weighted by atomic mass is 35.5. The third kappa shape index (κ3) is 5.24. The molecule has 1 saturated heterocycles. The van der Waals surface area contributed by atoms with E-state index in [4.69, 9.17) is 27.9 Å². The van der Waals surface area contributed by atoms with Gasteiger partial charge in [-0.05, 0) is 30.3 Å². The monoisotopic (exact) mass is 553 g/mol. The van der Waals surface area contributed by atoms with Gasteiger partial charge in [0.2, 0.25) is 0 Å². The molecule has 0 radical (unpaired) electrons. The smallest absolute Gasteiger partial charge is 0.139 e. The number of halogens is 2. The second kappa shape index (κ2) is 10.8. The Bertz CT molecular complexity index is 1440. The summed E-state index contributed by atoms with van der Waals surface area (Å²) in [7, 11) is 2.10. The molecule has 1 N–H and O–H groups in total. The number of rotatable bonds is 6. The van der Waals surface area contributed by atoms with E-state index in [0.29, 0.717) is 42.7 Å². The van der Waals surface area contributed by atoms with E-state index >= 15 is 0 Å². The number of likely N-dealkylation sites (N-methyl/N-ethyl adjacent to an activating group) is 1. The Morgan fingerprint density at radius 2 is 1.86 bits per heavy atom. The van der Waals surface area contributed by atoms with Crippen LogP contribution in [-0.4, -0.2) is 59.3 Å². The summed E-state index contributed by atoms with van der Waals surface area (Å²) < 4.78 is 19.0. The topological polar surface area (TPSA) is 81.5 Å². The Balaban J connectivity index is 1.41. The number of nitrogens with zero attached hydrogens (tertiary/aromatic N) is 4. The minimum Gasteiger partial charge on any atom is -0.495 e. The number of fused-ring (bicyclic) bond motifs is 1. The Kier molecular flexibility index (Phi) is 7.52. The lowest BCUT2D eigenvalue weighted by molar-refractivity contribution is 0.148. The molecule has 2 aromatic carbocycles. The van der Waals surface area contributed by atoms with Crippen LogP contribution in [0.1, 0.15) is 22.4 Å². The summed E-state index contributed by atoms with van der Waals surface area (Å²) >= 11 is 12.6. The molecule has 0 amide bonds. The standard InChI is InChI=1S/C27H25Cl2N5O2S/c1-33-7-9-34(10-8-33)16-17-3-5-18(6-4-17)25-13-23-27(37(25)35)26(19(14-30)15-31-23)32-22-12-24(36-2)21(29)11-20(22)28/h3-6,11-13,15H,7-10,16H2,1-2H3,(H,31,32). The minimum absolute atomic E-state index is 0.259. The Morgan fingerprint density at radius 3 is 2.54 bits per heavy atom. The molecule has 10 heteroatoms. The lowest BCUT2D eigenvalue weighted by Crippen LogP contribution is -2.43. The molecule has 1 aromatic heterocycles. The number of benzene rings is 2. The number of ether oxygens (including phenoxy) is 1. The number of nitrogens with one attached hydrogen (secondary N) is 1. The number of anilines is 2. The van der Waals surface area contributed by atoms with Gasteiger partial charge in [0.15, 0.2) is 0 Å². The maximum Gasteiger partial charge on any atom is 0.139 e. The van der Waals surface area contributed by atoms with Crippen LogP contribution in [0.5, 0.6) is 5.75 Å². The molecule has 1 atom stereocenters. The molecule has 5 rings (SSSR count). The van der Waals surface area contributed by atoms with Gasteiger partial charge in [-0.2, -0.15) is 5.26 Å². The molecular weight excluding hydrogens is 529 g/mol. The lowest BCUT2D eigenvalue weighted by Gasteiger charge is -2.32. The summed E-state index contributed by atoms with van der Waals surface area (Å²) in [5.74, 6) is 0.425. The van der Waals surface area contributed by atoms with Crippen molar-refractivity contribution in [3.8, 4) is 11.8 Å². The van der Waals surface area contributed by atoms with Crippen molar-refractivity contribution in [1.82, 2.24) is 14.8 Å². The molecular formula is C27H25Cl2N5O2S. The summed E-state index contributed by atoms with van der Waals surface area (Å²) in [4.78, 5) is 10.3. The van der Waals surface area contributed by atoms with Crippen molar-refractivity contribution in [2.24, 2.45) is 0 Å². The van der Waals surface area contributed by atoms with Gasteiger partial charge in [-0.3, -0.25) is 9.88 Å². The van der Waals surface area contributed by atoms with Gasteiger partial charge in [-0.15, -0.1) is 0 Å². The number of hydrogen-bond acceptors (Lipinski definition) is 7. The van der Waals surface area contributed by atoms with Gasteiger partial charge in [0.25, 0.3) is 0 Å². The minimum atomic E-state index is -1.55. The maximum absolute atomic E-state index is 13.7. The van der Waals surface area contributed by atoms with E-state index < -0.39 is 10.8 Å². The zero-order valence-corrected chi connectivity index (χ0v) is 22.8. The fourth-order valence-electron chi connectivity index (χ4n) is 4.44. The van der Waals surface area contributed by atoms with E-state index in [1.165, 1.54) is 18.9 Å². The van der Waals surface area contributed by atoms with Crippen LogP contribution >= 0.6 is 23.2 Å². The van der Waals surface area contributed by atoms with Gasteiger partial charge >= 0.3 is 0 Å².